The van der Waals surface area contributed by atoms with Crippen molar-refractivity contribution in [1.29, 1.82) is 0 Å². The smallest absolute Gasteiger partial charge is 0.0238 e. The van der Waals surface area contributed by atoms with Gasteiger partial charge >= 0.3 is 0 Å². The van der Waals surface area contributed by atoms with E-state index in [4.69, 9.17) is 0 Å². The molecule has 0 spiro atoms. The summed E-state index contributed by atoms with van der Waals surface area (Å²) in [7, 11) is 0. The molecule has 0 aliphatic heterocycles. The van der Waals surface area contributed by atoms with Crippen molar-refractivity contribution in [2.24, 2.45) is 0 Å². The highest BCUT2D eigenvalue weighted by atomic mass is 14.0. The van der Waals surface area contributed by atoms with E-state index < -0.39 is 0 Å². The third-order valence-electron chi connectivity index (χ3n) is 2.14. The molecule has 0 atom stereocenters. The van der Waals surface area contributed by atoms with Crippen LogP contribution in [0.15, 0.2) is 49.1 Å². The maximum Gasteiger partial charge on any atom is -0.0238 e. The quantitative estimate of drug-likeness (QED) is 0.608. The van der Waals surface area contributed by atoms with Crippen molar-refractivity contribution in [3.8, 4) is 0 Å². The van der Waals surface area contributed by atoms with Gasteiger partial charge in [-0.2, -0.15) is 0 Å². The Morgan fingerprint density at radius 2 is 1.92 bits per heavy atom. The number of benzene rings is 1. The second-order valence-electron chi connectivity index (χ2n) is 3.35. The van der Waals surface area contributed by atoms with Crippen molar-refractivity contribution >= 4 is 0 Å². The van der Waals surface area contributed by atoms with Gasteiger partial charge in [-0.25, -0.2) is 0 Å². The van der Waals surface area contributed by atoms with Gasteiger partial charge in [-0.1, -0.05) is 54.6 Å². The molecule has 68 valence electrons. The fourth-order valence-corrected chi connectivity index (χ4v) is 1.16. The van der Waals surface area contributed by atoms with Crippen molar-refractivity contribution in [3.05, 3.63) is 60.2 Å². The lowest BCUT2D eigenvalue weighted by Crippen LogP contribution is -1.86. The molecule has 0 N–H and O–H groups in total. The molecule has 0 fully saturated rings. The highest BCUT2D eigenvalue weighted by molar-refractivity contribution is 5.23. The fraction of sp³-hybridized carbons (Fsp3) is 0.231. The predicted octanol–water partition coefficient (Wildman–Crippen LogP) is 3.67. The average molecular weight is 172 g/mol. The molecule has 0 heterocycles. The predicted molar refractivity (Wildman–Crippen MR) is 58.8 cm³/mol. The monoisotopic (exact) mass is 172 g/mol. The summed E-state index contributed by atoms with van der Waals surface area (Å²) in [5.74, 6) is 0. The zero-order chi connectivity index (χ0) is 9.68. The summed E-state index contributed by atoms with van der Waals surface area (Å²) in [6.45, 7) is 9.68. The second kappa shape index (κ2) is 4.66. The molecule has 0 amide bonds. The van der Waals surface area contributed by atoms with Gasteiger partial charge in [0.15, 0.2) is 0 Å². The Morgan fingerprint density at radius 1 is 1.31 bits per heavy atom. The Labute approximate surface area is 80.6 Å². The molecule has 13 heavy (non-hydrogen) atoms. The molecule has 0 aliphatic carbocycles. The molecule has 0 saturated heterocycles. The molecule has 0 unspecified atom stereocenters. The van der Waals surface area contributed by atoms with E-state index in [2.05, 4.69) is 44.3 Å². The SMILES string of the molecule is C=CC(=C)CCc1ccc(C)cc1. The molecule has 0 radical (unpaired) electrons. The third-order valence-corrected chi connectivity index (χ3v) is 2.14. The van der Waals surface area contributed by atoms with Crippen LogP contribution in [0.1, 0.15) is 17.5 Å². The fourth-order valence-electron chi connectivity index (χ4n) is 1.16. The van der Waals surface area contributed by atoms with Crippen molar-refractivity contribution in [1.82, 2.24) is 0 Å². The van der Waals surface area contributed by atoms with Crippen LogP contribution in [-0.2, 0) is 6.42 Å². The highest BCUT2D eigenvalue weighted by Gasteiger charge is 1.93. The van der Waals surface area contributed by atoms with Crippen molar-refractivity contribution in [3.63, 3.8) is 0 Å². The number of hydrogen-bond donors (Lipinski definition) is 0. The first kappa shape index (κ1) is 9.79. The molecule has 0 aromatic heterocycles. The van der Waals surface area contributed by atoms with Crippen molar-refractivity contribution in [2.45, 2.75) is 19.8 Å². The molecule has 0 saturated carbocycles. The molecule has 0 bridgehead atoms. The van der Waals surface area contributed by atoms with Gasteiger partial charge in [-0.3, -0.25) is 0 Å². The molecule has 1 rings (SSSR count). The normalized spacial score (nSPS) is 9.62. The lowest BCUT2D eigenvalue weighted by molar-refractivity contribution is 0.969. The van der Waals surface area contributed by atoms with E-state index in [0.717, 1.165) is 18.4 Å². The molecule has 0 heteroatoms. The summed E-state index contributed by atoms with van der Waals surface area (Å²) >= 11 is 0. The van der Waals surface area contributed by atoms with Crippen LogP contribution in [0.2, 0.25) is 0 Å². The van der Waals surface area contributed by atoms with Crippen LogP contribution in [0.3, 0.4) is 0 Å². The molecule has 0 nitrogen and oxygen atoms in total. The van der Waals surface area contributed by atoms with E-state index in [1.165, 1.54) is 11.1 Å². The standard InChI is InChI=1S/C13H16/c1-4-11(2)5-8-13-9-6-12(3)7-10-13/h4,6-7,9-10H,1-2,5,8H2,3H3. The first-order valence-electron chi connectivity index (χ1n) is 4.58. The maximum absolute atomic E-state index is 3.89. The topological polar surface area (TPSA) is 0 Å². The van der Waals surface area contributed by atoms with E-state index in [9.17, 15) is 0 Å². The zero-order valence-corrected chi connectivity index (χ0v) is 8.22. The lowest BCUT2D eigenvalue weighted by Gasteiger charge is -2.01. The van der Waals surface area contributed by atoms with Gasteiger partial charge in [0.25, 0.3) is 0 Å². The molecule has 1 aromatic carbocycles. The molecule has 0 aliphatic rings. The molecule has 1 aromatic rings. The summed E-state index contributed by atoms with van der Waals surface area (Å²) in [5, 5.41) is 0. The minimum Gasteiger partial charge on any atom is -0.0988 e. The van der Waals surface area contributed by atoms with E-state index >= 15 is 0 Å². The van der Waals surface area contributed by atoms with Crippen LogP contribution < -0.4 is 0 Å². The lowest BCUT2D eigenvalue weighted by atomic mass is 10.0. The summed E-state index contributed by atoms with van der Waals surface area (Å²) < 4.78 is 0. The summed E-state index contributed by atoms with van der Waals surface area (Å²) in [4.78, 5) is 0. The Bertz CT molecular complexity index is 290. The van der Waals surface area contributed by atoms with Crippen LogP contribution in [0.25, 0.3) is 0 Å². The summed E-state index contributed by atoms with van der Waals surface area (Å²) in [6.07, 6.45) is 3.89. The summed E-state index contributed by atoms with van der Waals surface area (Å²) in [6, 6.07) is 8.63. The number of allylic oxidation sites excluding steroid dienone is 2. The molecular formula is C13H16. The van der Waals surface area contributed by atoms with Gasteiger partial charge < -0.3 is 0 Å². The third kappa shape index (κ3) is 3.29. The van der Waals surface area contributed by atoms with E-state index in [-0.39, 0.29) is 0 Å². The van der Waals surface area contributed by atoms with Gasteiger partial charge in [-0.15, -0.1) is 0 Å². The number of rotatable bonds is 4. The van der Waals surface area contributed by atoms with Crippen molar-refractivity contribution < 1.29 is 0 Å². The van der Waals surface area contributed by atoms with E-state index in [0.29, 0.717) is 0 Å². The van der Waals surface area contributed by atoms with Gasteiger partial charge in [0.1, 0.15) is 0 Å². The van der Waals surface area contributed by atoms with Crippen LogP contribution in [0.4, 0.5) is 0 Å². The average Bonchev–Trinajstić information content (AvgIpc) is 2.16. The van der Waals surface area contributed by atoms with E-state index in [1.54, 1.807) is 0 Å². The minimum atomic E-state index is 1.01. The second-order valence-corrected chi connectivity index (χ2v) is 3.35. The van der Waals surface area contributed by atoms with Gasteiger partial charge in [-0.05, 0) is 25.3 Å². The van der Waals surface area contributed by atoms with E-state index in [1.807, 2.05) is 6.08 Å². The number of aryl methyl sites for hydroxylation is 2. The van der Waals surface area contributed by atoms with Crippen LogP contribution in [0, 0.1) is 6.92 Å². The highest BCUT2D eigenvalue weighted by Crippen LogP contribution is 2.09. The number of hydrogen-bond acceptors (Lipinski definition) is 0. The van der Waals surface area contributed by atoms with Crippen molar-refractivity contribution in [2.75, 3.05) is 0 Å². The van der Waals surface area contributed by atoms with Gasteiger partial charge in [0.05, 0.1) is 0 Å². The molecular weight excluding hydrogens is 156 g/mol. The first-order valence-corrected chi connectivity index (χ1v) is 4.58. The van der Waals surface area contributed by atoms with Gasteiger partial charge in [0.2, 0.25) is 0 Å². The van der Waals surface area contributed by atoms with Crippen LogP contribution in [-0.4, -0.2) is 0 Å². The maximum atomic E-state index is 3.89. The Hall–Kier alpha value is -1.30. The Morgan fingerprint density at radius 3 is 2.46 bits per heavy atom. The van der Waals surface area contributed by atoms with Gasteiger partial charge in [0, 0.05) is 0 Å². The largest absolute Gasteiger partial charge is 0.0988 e. The Balaban J connectivity index is 2.50. The zero-order valence-electron chi connectivity index (χ0n) is 8.22. The van der Waals surface area contributed by atoms with Crippen LogP contribution in [0.5, 0.6) is 0 Å². The minimum absolute atomic E-state index is 1.01. The summed E-state index contributed by atoms with van der Waals surface area (Å²) in [5.41, 5.74) is 3.79. The van der Waals surface area contributed by atoms with Crippen LogP contribution >= 0.6 is 0 Å². The Kier molecular flexibility index (Phi) is 3.51. The first-order chi connectivity index (χ1) is 6.22.